The van der Waals surface area contributed by atoms with Crippen LogP contribution in [-0.4, -0.2) is 42.0 Å². The van der Waals surface area contributed by atoms with Crippen LogP contribution in [0.25, 0.3) is 11.3 Å². The van der Waals surface area contributed by atoms with Crippen LogP contribution in [0.1, 0.15) is 17.7 Å². The van der Waals surface area contributed by atoms with Crippen LogP contribution in [0.4, 0.5) is 15.6 Å². The number of hydrogen-bond acceptors (Lipinski definition) is 5. The van der Waals surface area contributed by atoms with Crippen LogP contribution in [0.3, 0.4) is 0 Å². The van der Waals surface area contributed by atoms with Crippen LogP contribution < -0.4 is 15.4 Å². The second-order valence-electron chi connectivity index (χ2n) is 7.72. The number of anilines is 2. The van der Waals surface area contributed by atoms with E-state index in [2.05, 4.69) is 15.6 Å². The number of nitrogens with zero attached hydrogens (tertiary/aromatic N) is 2. The fourth-order valence-corrected chi connectivity index (χ4v) is 4.61. The van der Waals surface area contributed by atoms with Gasteiger partial charge < -0.3 is 20.3 Å². The lowest BCUT2D eigenvalue weighted by Crippen LogP contribution is -2.45. The number of ether oxygens (including phenoxy) is 1. The van der Waals surface area contributed by atoms with E-state index in [-0.39, 0.29) is 17.9 Å². The maximum absolute atomic E-state index is 12.9. The first-order valence-corrected chi connectivity index (χ1v) is 11.4. The summed E-state index contributed by atoms with van der Waals surface area (Å²) < 4.78 is 5.21. The lowest BCUT2D eigenvalue weighted by molar-refractivity contribution is -0.121. The molecule has 0 bridgehead atoms. The predicted molar refractivity (Wildman–Crippen MR) is 127 cm³/mol. The third-order valence-corrected chi connectivity index (χ3v) is 6.38. The first-order chi connectivity index (χ1) is 15.5. The van der Waals surface area contributed by atoms with Crippen molar-refractivity contribution in [1.82, 2.24) is 9.88 Å². The molecule has 1 fully saturated rings. The topological polar surface area (TPSA) is 83.6 Å². The number of thiazole rings is 1. The van der Waals surface area contributed by atoms with E-state index in [0.29, 0.717) is 18.2 Å². The minimum Gasteiger partial charge on any atom is -0.497 e. The van der Waals surface area contributed by atoms with Gasteiger partial charge in [0, 0.05) is 29.2 Å². The number of rotatable bonds is 5. The number of hydrogen-bond donors (Lipinski definition) is 2. The standard InChI is InChI=1S/C24H26N4O3S/c1-16-21(17-10-12-20(31-2)13-11-17)26-23(32-16)27-22(29)18-7-6-14-28(15-18)24(30)25-19-8-4-3-5-9-19/h3-5,8-13,18H,6-7,14-15H2,1-2H3,(H,25,30)(H,26,27,29). The van der Waals surface area contributed by atoms with Crippen molar-refractivity contribution in [3.63, 3.8) is 0 Å². The van der Waals surface area contributed by atoms with Gasteiger partial charge in [-0.15, -0.1) is 11.3 Å². The highest BCUT2D eigenvalue weighted by Crippen LogP contribution is 2.32. The molecule has 1 saturated heterocycles. The number of benzene rings is 2. The highest BCUT2D eigenvalue weighted by molar-refractivity contribution is 7.16. The highest BCUT2D eigenvalue weighted by atomic mass is 32.1. The number of urea groups is 1. The molecule has 0 radical (unpaired) electrons. The Bertz CT molecular complexity index is 1080. The molecule has 1 aromatic heterocycles. The normalized spacial score (nSPS) is 15.8. The first-order valence-electron chi connectivity index (χ1n) is 10.6. The van der Waals surface area contributed by atoms with Crippen molar-refractivity contribution >= 4 is 34.1 Å². The van der Waals surface area contributed by atoms with Gasteiger partial charge in [-0.25, -0.2) is 9.78 Å². The van der Waals surface area contributed by atoms with Gasteiger partial charge in [-0.3, -0.25) is 4.79 Å². The molecule has 8 heteroatoms. The minimum absolute atomic E-state index is 0.0998. The Morgan fingerprint density at radius 2 is 1.84 bits per heavy atom. The zero-order valence-corrected chi connectivity index (χ0v) is 18.9. The quantitative estimate of drug-likeness (QED) is 0.572. The molecule has 0 saturated carbocycles. The third-order valence-electron chi connectivity index (χ3n) is 5.49. The highest BCUT2D eigenvalue weighted by Gasteiger charge is 2.29. The zero-order valence-electron chi connectivity index (χ0n) is 18.1. The molecular weight excluding hydrogens is 424 g/mol. The summed E-state index contributed by atoms with van der Waals surface area (Å²) in [6.07, 6.45) is 1.53. The summed E-state index contributed by atoms with van der Waals surface area (Å²) in [4.78, 5) is 32.9. The number of methoxy groups -OCH3 is 1. The van der Waals surface area contributed by atoms with Gasteiger partial charge in [0.1, 0.15) is 5.75 Å². The van der Waals surface area contributed by atoms with Crippen LogP contribution in [0.15, 0.2) is 54.6 Å². The van der Waals surface area contributed by atoms with Crippen LogP contribution in [0, 0.1) is 12.8 Å². The van der Waals surface area contributed by atoms with Crippen molar-refractivity contribution in [1.29, 1.82) is 0 Å². The van der Waals surface area contributed by atoms with Crippen molar-refractivity contribution in [3.05, 3.63) is 59.5 Å². The van der Waals surface area contributed by atoms with Crippen LogP contribution in [0.5, 0.6) is 5.75 Å². The molecule has 3 amide bonds. The Hall–Kier alpha value is -3.39. The Morgan fingerprint density at radius 1 is 1.09 bits per heavy atom. The second kappa shape index (κ2) is 9.82. The fourth-order valence-electron chi connectivity index (χ4n) is 3.77. The molecule has 7 nitrogen and oxygen atoms in total. The molecule has 2 heterocycles. The third kappa shape index (κ3) is 5.08. The predicted octanol–water partition coefficient (Wildman–Crippen LogP) is 5.01. The molecular formula is C24H26N4O3S. The summed E-state index contributed by atoms with van der Waals surface area (Å²) in [5.74, 6) is 0.421. The van der Waals surface area contributed by atoms with E-state index in [0.717, 1.165) is 40.4 Å². The largest absolute Gasteiger partial charge is 0.497 e. The number of para-hydroxylation sites is 1. The van der Waals surface area contributed by atoms with Crippen LogP contribution >= 0.6 is 11.3 Å². The van der Waals surface area contributed by atoms with Crippen molar-refractivity contribution in [2.45, 2.75) is 19.8 Å². The number of piperidine rings is 1. The van der Waals surface area contributed by atoms with E-state index in [1.54, 1.807) is 12.0 Å². The number of amides is 3. The number of carbonyl (C=O) groups is 2. The van der Waals surface area contributed by atoms with E-state index < -0.39 is 0 Å². The molecule has 1 atom stereocenters. The van der Waals surface area contributed by atoms with Gasteiger partial charge in [-0.05, 0) is 56.2 Å². The Labute approximate surface area is 191 Å². The number of nitrogens with one attached hydrogen (secondary N) is 2. The van der Waals surface area contributed by atoms with Crippen LogP contribution in [0.2, 0.25) is 0 Å². The number of aromatic nitrogens is 1. The van der Waals surface area contributed by atoms with Gasteiger partial charge in [-0.2, -0.15) is 0 Å². The van der Waals surface area contributed by atoms with Gasteiger partial charge in [0.05, 0.1) is 18.7 Å². The Morgan fingerprint density at radius 3 is 2.56 bits per heavy atom. The molecule has 32 heavy (non-hydrogen) atoms. The van der Waals surface area contributed by atoms with Gasteiger partial charge in [0.15, 0.2) is 5.13 Å². The summed E-state index contributed by atoms with van der Waals surface area (Å²) in [5.41, 5.74) is 2.57. The molecule has 2 aromatic carbocycles. The lowest BCUT2D eigenvalue weighted by Gasteiger charge is -2.31. The maximum Gasteiger partial charge on any atom is 0.321 e. The summed E-state index contributed by atoms with van der Waals surface area (Å²) in [6, 6.07) is 16.9. The van der Waals surface area contributed by atoms with Gasteiger partial charge in [-0.1, -0.05) is 18.2 Å². The summed E-state index contributed by atoms with van der Waals surface area (Å²) in [7, 11) is 1.63. The van der Waals surface area contributed by atoms with E-state index in [1.165, 1.54) is 11.3 Å². The summed E-state index contributed by atoms with van der Waals surface area (Å²) in [5, 5.41) is 6.43. The number of carbonyl (C=O) groups excluding carboxylic acids is 2. The lowest BCUT2D eigenvalue weighted by atomic mass is 9.97. The summed E-state index contributed by atoms with van der Waals surface area (Å²) in [6.45, 7) is 3.02. The van der Waals surface area contributed by atoms with Gasteiger partial charge in [0.2, 0.25) is 5.91 Å². The molecule has 0 aliphatic carbocycles. The zero-order chi connectivity index (χ0) is 22.5. The van der Waals surface area contributed by atoms with Gasteiger partial charge >= 0.3 is 6.03 Å². The monoisotopic (exact) mass is 450 g/mol. The Balaban J connectivity index is 1.38. The van der Waals surface area contributed by atoms with Crippen molar-refractivity contribution in [3.8, 4) is 17.0 Å². The molecule has 1 aliphatic rings. The fraction of sp³-hybridized carbons (Fsp3) is 0.292. The molecule has 0 spiro atoms. The maximum atomic E-state index is 12.9. The molecule has 2 N–H and O–H groups in total. The van der Waals surface area contributed by atoms with E-state index >= 15 is 0 Å². The molecule has 1 aliphatic heterocycles. The SMILES string of the molecule is COc1ccc(-c2nc(NC(=O)C3CCCN(C(=O)Nc4ccccc4)C3)sc2C)cc1. The second-order valence-corrected chi connectivity index (χ2v) is 8.93. The van der Waals surface area contributed by atoms with Gasteiger partial charge in [0.25, 0.3) is 0 Å². The number of likely N-dealkylation sites (tertiary alicyclic amines) is 1. The average molecular weight is 451 g/mol. The van der Waals surface area contributed by atoms with E-state index in [1.807, 2.05) is 61.5 Å². The van der Waals surface area contributed by atoms with Crippen molar-refractivity contribution < 1.29 is 14.3 Å². The van der Waals surface area contributed by atoms with Crippen LogP contribution in [-0.2, 0) is 4.79 Å². The minimum atomic E-state index is -0.265. The molecule has 3 aromatic rings. The molecule has 4 rings (SSSR count). The summed E-state index contributed by atoms with van der Waals surface area (Å²) >= 11 is 1.45. The van der Waals surface area contributed by atoms with Crippen molar-refractivity contribution in [2.75, 3.05) is 30.8 Å². The molecule has 166 valence electrons. The van der Waals surface area contributed by atoms with Crippen molar-refractivity contribution in [2.24, 2.45) is 5.92 Å². The Kier molecular flexibility index (Phi) is 6.70. The van der Waals surface area contributed by atoms with E-state index in [9.17, 15) is 9.59 Å². The smallest absolute Gasteiger partial charge is 0.321 e. The first kappa shape index (κ1) is 21.8. The number of aryl methyl sites for hydroxylation is 1. The average Bonchev–Trinajstić information content (AvgIpc) is 3.19. The van der Waals surface area contributed by atoms with E-state index in [4.69, 9.17) is 4.74 Å². The molecule has 1 unspecified atom stereocenters.